The maximum atomic E-state index is 15.1. The van der Waals surface area contributed by atoms with Crippen LogP contribution in [-0.4, -0.2) is 120 Å². The second kappa shape index (κ2) is 23.3. The number of hydrogen-bond donors (Lipinski definition) is 2. The van der Waals surface area contributed by atoms with E-state index in [2.05, 4.69) is 62.7 Å². The number of nitrogens with zero attached hydrogens (tertiary/aromatic N) is 5. The van der Waals surface area contributed by atoms with Crippen LogP contribution in [0, 0.1) is 12.8 Å². The summed E-state index contributed by atoms with van der Waals surface area (Å²) in [5.74, 6) is 0.360. The second-order valence-electron chi connectivity index (χ2n) is 19.9. The Morgan fingerprint density at radius 1 is 0.838 bits per heavy atom. The molecule has 0 saturated carbocycles. The van der Waals surface area contributed by atoms with Crippen molar-refractivity contribution < 1.29 is 32.1 Å². The Kier molecular flexibility index (Phi) is 16.9. The predicted molar refractivity (Wildman–Crippen MR) is 304 cm³/mol. The van der Waals surface area contributed by atoms with Crippen LogP contribution in [-0.2, 0) is 23.7 Å². The lowest BCUT2D eigenvalue weighted by Crippen LogP contribution is -2.46. The van der Waals surface area contributed by atoms with Gasteiger partial charge in [-0.05, 0) is 149 Å². The molecular weight excluding hydrogens is 1010 g/mol. The summed E-state index contributed by atoms with van der Waals surface area (Å²) < 4.78 is 57.6. The van der Waals surface area contributed by atoms with E-state index in [0.717, 1.165) is 116 Å². The van der Waals surface area contributed by atoms with Crippen LogP contribution in [0.25, 0.3) is 22.4 Å². The SMILES string of the molecule is COCC1CCN(CC[C@H](CSc2ccccc2)Nc2ccc([P@]3(=O)OCCN3c3ccc(N4CCN(c5cccc(-c6c(C(=O)O)c(C)n(C(C)C)c6-c6ccc(Cl)cc6)c5)CC4)cc3)cc2S(C)(=O)=O)CC1. The van der Waals surface area contributed by atoms with Crippen LogP contribution in [0.4, 0.5) is 22.7 Å². The first-order chi connectivity index (χ1) is 35.6. The summed E-state index contributed by atoms with van der Waals surface area (Å²) >= 11 is 8.04. The van der Waals surface area contributed by atoms with Gasteiger partial charge in [0.15, 0.2) is 9.84 Å². The van der Waals surface area contributed by atoms with Gasteiger partial charge >= 0.3 is 13.5 Å². The molecule has 5 aromatic carbocycles. The van der Waals surface area contributed by atoms with Crippen molar-refractivity contribution in [1.29, 1.82) is 0 Å². The zero-order valence-electron chi connectivity index (χ0n) is 43.0. The van der Waals surface area contributed by atoms with E-state index < -0.39 is 23.3 Å². The Hall–Kier alpha value is -5.25. The number of sulfone groups is 1. The fourth-order valence-corrected chi connectivity index (χ4v) is 15.2. The van der Waals surface area contributed by atoms with Gasteiger partial charge in [0.25, 0.3) is 0 Å². The van der Waals surface area contributed by atoms with Crippen molar-refractivity contribution >= 4 is 74.7 Å². The molecule has 0 aliphatic carbocycles. The Bertz CT molecular complexity index is 3070. The summed E-state index contributed by atoms with van der Waals surface area (Å²) in [6.45, 7) is 13.4. The van der Waals surface area contributed by atoms with Gasteiger partial charge in [-0.1, -0.05) is 54.1 Å². The smallest absolute Gasteiger partial charge is 0.338 e. The third-order valence-electron chi connectivity index (χ3n) is 14.6. The number of aromatic nitrogens is 1. The van der Waals surface area contributed by atoms with Gasteiger partial charge in [-0.2, -0.15) is 0 Å². The van der Waals surface area contributed by atoms with E-state index in [1.807, 2.05) is 85.8 Å². The first kappa shape index (κ1) is 53.6. The molecule has 3 saturated heterocycles. The molecule has 2 N–H and O–H groups in total. The Balaban J connectivity index is 0.890. The quantitative estimate of drug-likeness (QED) is 0.0589. The molecule has 0 amide bonds. The highest BCUT2D eigenvalue weighted by Gasteiger charge is 2.41. The molecule has 3 fully saturated rings. The lowest BCUT2D eigenvalue weighted by Gasteiger charge is -2.37. The van der Waals surface area contributed by atoms with Gasteiger partial charge in [-0.3, -0.25) is 9.24 Å². The van der Waals surface area contributed by atoms with Crippen molar-refractivity contribution in [3.8, 4) is 22.4 Å². The van der Waals surface area contributed by atoms with E-state index in [1.165, 1.54) is 6.26 Å². The van der Waals surface area contributed by atoms with E-state index in [0.29, 0.717) is 45.3 Å². The number of carboxylic acid groups (broad SMARTS) is 1. The molecule has 1 aromatic heterocycles. The summed E-state index contributed by atoms with van der Waals surface area (Å²) in [6.07, 6.45) is 4.24. The number of piperazine rings is 1. The molecule has 0 bridgehead atoms. The Labute approximate surface area is 446 Å². The third kappa shape index (κ3) is 11.9. The summed E-state index contributed by atoms with van der Waals surface area (Å²) in [6, 6.07) is 39.1. The predicted octanol–water partition coefficient (Wildman–Crippen LogP) is 11.5. The topological polar surface area (TPSA) is 137 Å². The highest BCUT2D eigenvalue weighted by Crippen LogP contribution is 2.56. The summed E-state index contributed by atoms with van der Waals surface area (Å²) in [7, 11) is -5.68. The number of methoxy groups -OCH3 is 1. The minimum absolute atomic E-state index is 0.0194. The number of halogens is 1. The number of carboxylic acids is 1. The van der Waals surface area contributed by atoms with Crippen LogP contribution in [0.15, 0.2) is 131 Å². The molecule has 3 aliphatic heterocycles. The molecular formula is C57H68ClN6O7PS2. The van der Waals surface area contributed by atoms with Crippen LogP contribution in [0.1, 0.15) is 55.2 Å². The number of piperidine rings is 1. The number of hydrogen-bond acceptors (Lipinski definition) is 11. The van der Waals surface area contributed by atoms with Crippen LogP contribution in [0.5, 0.6) is 0 Å². The van der Waals surface area contributed by atoms with Gasteiger partial charge in [0.05, 0.1) is 40.3 Å². The maximum Gasteiger partial charge on any atom is 0.338 e. The molecule has 17 heteroatoms. The van der Waals surface area contributed by atoms with Gasteiger partial charge < -0.3 is 39.0 Å². The number of ether oxygens (including phenoxy) is 1. The molecule has 2 atom stereocenters. The molecule has 13 nitrogen and oxygen atoms in total. The molecule has 4 heterocycles. The standard InChI is InChI=1S/C57H68ClN6O7PS2/c1-40(2)64-41(3)54(57(65)66)55(56(64)43-14-16-45(58)17-15-43)44-10-9-11-49(36-44)62-32-30-61(31-33-62)47-18-20-48(21-19-47)63-34-35-71-72(63,67)50-22-23-52(53(37-50)74(5,68)69)59-46(39-73-51-12-7-6-8-13-51)26-29-60-27-24-42(25-28-60)38-70-4/h6-23,36-37,40,42,46,59H,24-35,38-39H2,1-5H3,(H,65,66)/t46-,72+/m1/s1. The largest absolute Gasteiger partial charge is 0.478 e. The van der Waals surface area contributed by atoms with Crippen molar-refractivity contribution in [3.63, 3.8) is 0 Å². The summed E-state index contributed by atoms with van der Waals surface area (Å²) in [4.78, 5) is 21.4. The average Bonchev–Trinajstić information content (AvgIpc) is 3.96. The van der Waals surface area contributed by atoms with Crippen LogP contribution in [0.2, 0.25) is 5.02 Å². The highest BCUT2D eigenvalue weighted by molar-refractivity contribution is 7.99. The van der Waals surface area contributed by atoms with Crippen LogP contribution < -0.4 is 25.1 Å². The first-order valence-electron chi connectivity index (χ1n) is 25.6. The normalized spacial score (nSPS) is 18.3. The van der Waals surface area contributed by atoms with Crippen molar-refractivity contribution in [3.05, 3.63) is 138 Å². The lowest BCUT2D eigenvalue weighted by atomic mass is 9.96. The molecule has 0 unspecified atom stereocenters. The fourth-order valence-electron chi connectivity index (χ4n) is 10.8. The number of nitrogens with one attached hydrogen (secondary N) is 1. The van der Waals surface area contributed by atoms with E-state index in [1.54, 1.807) is 41.7 Å². The van der Waals surface area contributed by atoms with Gasteiger partial charge in [0.1, 0.15) is 0 Å². The number of likely N-dealkylation sites (tertiary alicyclic amines) is 1. The van der Waals surface area contributed by atoms with E-state index in [-0.39, 0.29) is 23.6 Å². The molecule has 6 aromatic rings. The van der Waals surface area contributed by atoms with Crippen molar-refractivity contribution in [2.75, 3.05) is 104 Å². The van der Waals surface area contributed by atoms with Gasteiger partial charge in [-0.25, -0.2) is 13.2 Å². The summed E-state index contributed by atoms with van der Waals surface area (Å²) in [5, 5.41) is 15.2. The molecule has 3 aliphatic rings. The minimum Gasteiger partial charge on any atom is -0.478 e. The van der Waals surface area contributed by atoms with Crippen molar-refractivity contribution in [2.45, 2.75) is 61.9 Å². The zero-order valence-corrected chi connectivity index (χ0v) is 46.2. The van der Waals surface area contributed by atoms with E-state index in [4.69, 9.17) is 20.9 Å². The number of rotatable bonds is 19. The van der Waals surface area contributed by atoms with Gasteiger partial charge in [-0.15, -0.1) is 11.8 Å². The molecule has 9 rings (SSSR count). The Morgan fingerprint density at radius 3 is 2.16 bits per heavy atom. The zero-order chi connectivity index (χ0) is 52.1. The van der Waals surface area contributed by atoms with Crippen LogP contribution in [0.3, 0.4) is 0 Å². The van der Waals surface area contributed by atoms with Gasteiger partial charge in [0, 0.05) is 109 Å². The highest BCUT2D eigenvalue weighted by atomic mass is 35.5. The molecule has 0 radical (unpaired) electrons. The Morgan fingerprint density at radius 2 is 1.51 bits per heavy atom. The van der Waals surface area contributed by atoms with E-state index in [9.17, 15) is 18.3 Å². The molecule has 392 valence electrons. The summed E-state index contributed by atoms with van der Waals surface area (Å²) in [5.41, 5.74) is 7.57. The van der Waals surface area contributed by atoms with E-state index >= 15 is 4.57 Å². The number of anilines is 4. The number of thioether (sulfide) groups is 1. The van der Waals surface area contributed by atoms with Crippen LogP contribution >= 0.6 is 30.9 Å². The number of benzene rings is 5. The maximum absolute atomic E-state index is 15.1. The average molecular weight is 1080 g/mol. The fraction of sp³-hybridized carbons (Fsp3) is 0.386. The van der Waals surface area contributed by atoms with Gasteiger partial charge in [0.2, 0.25) is 0 Å². The molecule has 74 heavy (non-hydrogen) atoms. The van der Waals surface area contributed by atoms with Crippen molar-refractivity contribution in [2.24, 2.45) is 5.92 Å². The molecule has 0 spiro atoms. The lowest BCUT2D eigenvalue weighted by molar-refractivity contribution is 0.0696. The number of carbonyl (C=O) groups is 1. The monoisotopic (exact) mass is 1080 g/mol. The third-order valence-corrected chi connectivity index (χ3v) is 19.7. The second-order valence-corrected chi connectivity index (χ2v) is 25.7. The minimum atomic E-state index is -3.75. The first-order valence-corrected chi connectivity index (χ1v) is 30.4. The van der Waals surface area contributed by atoms with Crippen molar-refractivity contribution in [1.82, 2.24) is 9.47 Å². The number of aromatic carboxylic acids is 1.